The molecule has 0 radical (unpaired) electrons. The Hall–Kier alpha value is -3.74. The van der Waals surface area contributed by atoms with Gasteiger partial charge in [0.1, 0.15) is 0 Å². The van der Waals surface area contributed by atoms with E-state index in [-0.39, 0.29) is 11.8 Å². The monoisotopic (exact) mass is 485 g/mol. The molecule has 7 heteroatoms. The molecule has 0 bridgehead atoms. The van der Waals surface area contributed by atoms with Gasteiger partial charge in [-0.3, -0.25) is 9.59 Å². The molecule has 1 fully saturated rings. The maximum Gasteiger partial charge on any atom is 0.256 e. The van der Waals surface area contributed by atoms with Crippen molar-refractivity contribution in [1.29, 1.82) is 0 Å². The molecule has 4 aromatic rings. The summed E-state index contributed by atoms with van der Waals surface area (Å²) < 4.78 is 5.34. The first-order valence-electron chi connectivity index (χ1n) is 11.4. The molecule has 6 nitrogen and oxygen atoms in total. The lowest BCUT2D eigenvalue weighted by Gasteiger charge is -2.27. The maximum absolute atomic E-state index is 13.5. The lowest BCUT2D eigenvalue weighted by molar-refractivity contribution is 0.0303. The topological polar surface area (TPSA) is 71.5 Å². The van der Waals surface area contributed by atoms with Crippen LogP contribution < -0.4 is 5.32 Å². The molecule has 5 rings (SSSR count). The number of fused-ring (bicyclic) bond motifs is 1. The summed E-state index contributed by atoms with van der Waals surface area (Å²) >= 11 is 6.06. The second kappa shape index (κ2) is 9.86. The number of halogens is 1. The number of hydrogen-bond acceptors (Lipinski definition) is 4. The average molecular weight is 486 g/mol. The van der Waals surface area contributed by atoms with Crippen molar-refractivity contribution in [3.8, 4) is 11.3 Å². The summed E-state index contributed by atoms with van der Waals surface area (Å²) in [7, 11) is 0. The Morgan fingerprint density at radius 2 is 1.71 bits per heavy atom. The molecule has 0 spiro atoms. The van der Waals surface area contributed by atoms with Gasteiger partial charge in [0.25, 0.3) is 11.8 Å². The molecule has 2 heterocycles. The highest BCUT2D eigenvalue weighted by Crippen LogP contribution is 2.28. The Kier molecular flexibility index (Phi) is 6.49. The summed E-state index contributed by atoms with van der Waals surface area (Å²) in [5, 5.41) is 4.37. The first kappa shape index (κ1) is 23.0. The van der Waals surface area contributed by atoms with Crippen LogP contribution in [0.3, 0.4) is 0 Å². The minimum Gasteiger partial charge on any atom is -0.378 e. The molecule has 0 saturated carbocycles. The van der Waals surface area contributed by atoms with Gasteiger partial charge in [-0.15, -0.1) is 0 Å². The third-order valence-corrected chi connectivity index (χ3v) is 6.34. The van der Waals surface area contributed by atoms with Crippen LogP contribution in [0.2, 0.25) is 5.02 Å². The molecule has 176 valence electrons. The van der Waals surface area contributed by atoms with Gasteiger partial charge in [0.15, 0.2) is 0 Å². The second-order valence-corrected chi connectivity index (χ2v) is 8.91. The van der Waals surface area contributed by atoms with Crippen LogP contribution in [0, 0.1) is 6.92 Å². The van der Waals surface area contributed by atoms with Crippen molar-refractivity contribution >= 4 is 40.0 Å². The average Bonchev–Trinajstić information content (AvgIpc) is 2.89. The number of aryl methyl sites for hydroxylation is 1. The number of benzene rings is 3. The van der Waals surface area contributed by atoms with E-state index in [9.17, 15) is 9.59 Å². The van der Waals surface area contributed by atoms with E-state index in [0.29, 0.717) is 53.8 Å². The van der Waals surface area contributed by atoms with Crippen LogP contribution in [-0.2, 0) is 4.74 Å². The minimum atomic E-state index is -0.269. The number of morpholine rings is 1. The Morgan fingerprint density at radius 1 is 0.971 bits per heavy atom. The molecule has 1 aliphatic rings. The number of para-hydroxylation sites is 1. The van der Waals surface area contributed by atoms with Gasteiger partial charge in [0, 0.05) is 40.3 Å². The number of carbonyl (C=O) groups is 2. The van der Waals surface area contributed by atoms with Crippen LogP contribution in [0.25, 0.3) is 22.2 Å². The van der Waals surface area contributed by atoms with Crippen LogP contribution in [0.15, 0.2) is 72.8 Å². The lowest BCUT2D eigenvalue weighted by Crippen LogP contribution is -2.40. The Bertz CT molecular complexity index is 1410. The van der Waals surface area contributed by atoms with E-state index < -0.39 is 0 Å². The number of nitrogens with zero attached hydrogens (tertiary/aromatic N) is 2. The van der Waals surface area contributed by atoms with Crippen molar-refractivity contribution in [3.05, 3.63) is 94.5 Å². The maximum atomic E-state index is 13.5. The van der Waals surface area contributed by atoms with Gasteiger partial charge < -0.3 is 15.0 Å². The number of carbonyl (C=O) groups excluding carboxylic acids is 2. The molecule has 1 N–H and O–H groups in total. The van der Waals surface area contributed by atoms with Crippen molar-refractivity contribution in [3.63, 3.8) is 0 Å². The zero-order valence-electron chi connectivity index (χ0n) is 19.3. The van der Waals surface area contributed by atoms with E-state index in [1.807, 2.05) is 37.3 Å². The van der Waals surface area contributed by atoms with Crippen molar-refractivity contribution < 1.29 is 14.3 Å². The standard InChI is InChI=1S/C28H24ClN3O3/c1-18-4-2-7-23-24(17-25(31-26(18)23)19-8-10-21(29)11-9-19)27(33)30-22-6-3-5-20(16-22)28(34)32-12-14-35-15-13-32/h2-11,16-17H,12-15H2,1H3,(H,30,33). The molecule has 1 aromatic heterocycles. The van der Waals surface area contributed by atoms with Gasteiger partial charge in [-0.25, -0.2) is 4.98 Å². The third-order valence-electron chi connectivity index (χ3n) is 6.09. The van der Waals surface area contributed by atoms with Gasteiger partial charge in [0.05, 0.1) is 30.0 Å². The van der Waals surface area contributed by atoms with Gasteiger partial charge in [-0.2, -0.15) is 0 Å². The fraction of sp³-hybridized carbons (Fsp3) is 0.179. The highest BCUT2D eigenvalue weighted by Gasteiger charge is 2.20. The Labute approximate surface area is 208 Å². The largest absolute Gasteiger partial charge is 0.378 e. The third kappa shape index (κ3) is 4.90. The fourth-order valence-corrected chi connectivity index (χ4v) is 4.35. The van der Waals surface area contributed by atoms with Crippen molar-refractivity contribution in [2.24, 2.45) is 0 Å². The van der Waals surface area contributed by atoms with E-state index in [1.165, 1.54) is 0 Å². The van der Waals surface area contributed by atoms with E-state index in [0.717, 1.165) is 22.0 Å². The van der Waals surface area contributed by atoms with Crippen LogP contribution >= 0.6 is 11.6 Å². The summed E-state index contributed by atoms with van der Waals surface area (Å²) in [4.78, 5) is 33.0. The van der Waals surface area contributed by atoms with E-state index in [2.05, 4.69) is 5.32 Å². The molecule has 1 aliphatic heterocycles. The highest BCUT2D eigenvalue weighted by atomic mass is 35.5. The minimum absolute atomic E-state index is 0.0700. The molecule has 1 saturated heterocycles. The van der Waals surface area contributed by atoms with Gasteiger partial charge in [-0.05, 0) is 48.9 Å². The number of hydrogen-bond donors (Lipinski definition) is 1. The van der Waals surface area contributed by atoms with Crippen molar-refractivity contribution in [1.82, 2.24) is 9.88 Å². The molecule has 0 aliphatic carbocycles. The first-order valence-corrected chi connectivity index (χ1v) is 11.8. The van der Waals surface area contributed by atoms with Crippen molar-refractivity contribution in [2.75, 3.05) is 31.6 Å². The molecule has 35 heavy (non-hydrogen) atoms. The summed E-state index contributed by atoms with van der Waals surface area (Å²) in [6.45, 7) is 4.17. The van der Waals surface area contributed by atoms with Crippen LogP contribution in [0.1, 0.15) is 26.3 Å². The van der Waals surface area contributed by atoms with Crippen LogP contribution in [-0.4, -0.2) is 48.0 Å². The van der Waals surface area contributed by atoms with E-state index >= 15 is 0 Å². The highest BCUT2D eigenvalue weighted by molar-refractivity contribution is 6.30. The van der Waals surface area contributed by atoms with E-state index in [4.69, 9.17) is 21.3 Å². The Balaban J connectivity index is 1.48. The number of rotatable bonds is 4. The van der Waals surface area contributed by atoms with Crippen LogP contribution in [0.5, 0.6) is 0 Å². The molecule has 0 unspecified atom stereocenters. The van der Waals surface area contributed by atoms with E-state index in [1.54, 1.807) is 47.4 Å². The van der Waals surface area contributed by atoms with Gasteiger partial charge >= 0.3 is 0 Å². The molecule has 3 aromatic carbocycles. The summed E-state index contributed by atoms with van der Waals surface area (Å²) in [6.07, 6.45) is 0. The number of anilines is 1. The predicted octanol–water partition coefficient (Wildman–Crippen LogP) is 5.59. The Morgan fingerprint density at radius 3 is 2.49 bits per heavy atom. The van der Waals surface area contributed by atoms with Gasteiger partial charge in [0.2, 0.25) is 0 Å². The number of aromatic nitrogens is 1. The normalized spacial score (nSPS) is 13.6. The van der Waals surface area contributed by atoms with Crippen LogP contribution in [0.4, 0.5) is 5.69 Å². The summed E-state index contributed by atoms with van der Waals surface area (Å²) in [6, 6.07) is 22.0. The SMILES string of the molecule is Cc1cccc2c(C(=O)Nc3cccc(C(=O)N4CCOCC4)c3)cc(-c3ccc(Cl)cc3)nc12. The molecule has 0 atom stereocenters. The first-order chi connectivity index (χ1) is 17.0. The lowest BCUT2D eigenvalue weighted by atomic mass is 10.0. The summed E-state index contributed by atoms with van der Waals surface area (Å²) in [5.41, 5.74) is 4.89. The second-order valence-electron chi connectivity index (χ2n) is 8.47. The molecule has 2 amide bonds. The number of pyridine rings is 1. The number of nitrogens with one attached hydrogen (secondary N) is 1. The summed E-state index contributed by atoms with van der Waals surface area (Å²) in [5.74, 6) is -0.339. The predicted molar refractivity (Wildman–Crippen MR) is 138 cm³/mol. The van der Waals surface area contributed by atoms with Gasteiger partial charge in [-0.1, -0.05) is 48.0 Å². The fourth-order valence-electron chi connectivity index (χ4n) is 4.23. The molecular weight excluding hydrogens is 462 g/mol. The molecular formula is C28H24ClN3O3. The smallest absolute Gasteiger partial charge is 0.256 e. The quantitative estimate of drug-likeness (QED) is 0.409. The zero-order chi connectivity index (χ0) is 24.4. The number of ether oxygens (including phenoxy) is 1. The number of amides is 2. The van der Waals surface area contributed by atoms with Crippen molar-refractivity contribution in [2.45, 2.75) is 6.92 Å². The zero-order valence-corrected chi connectivity index (χ0v) is 20.0.